The van der Waals surface area contributed by atoms with Crippen molar-refractivity contribution < 1.29 is 9.47 Å². The lowest BCUT2D eigenvalue weighted by Gasteiger charge is -2.15. The van der Waals surface area contributed by atoms with Gasteiger partial charge in [0.05, 0.1) is 12.9 Å². The first-order valence-electron chi connectivity index (χ1n) is 5.04. The maximum absolute atomic E-state index is 5.47. The summed E-state index contributed by atoms with van der Waals surface area (Å²) in [5.41, 5.74) is 0. The van der Waals surface area contributed by atoms with E-state index in [2.05, 4.69) is 6.92 Å². The Morgan fingerprint density at radius 1 is 1.23 bits per heavy atom. The van der Waals surface area contributed by atoms with Gasteiger partial charge in [0.15, 0.2) is 0 Å². The van der Waals surface area contributed by atoms with E-state index < -0.39 is 0 Å². The summed E-state index contributed by atoms with van der Waals surface area (Å²) in [6.07, 6.45) is 12.2. The molecule has 2 heteroatoms. The molecule has 1 aliphatic rings. The van der Waals surface area contributed by atoms with Gasteiger partial charge in [0.2, 0.25) is 6.29 Å². The Kier molecular flexibility index (Phi) is 5.34. The second kappa shape index (κ2) is 6.72. The average molecular weight is 182 g/mol. The molecule has 0 amide bonds. The molecule has 0 aromatic carbocycles. The topological polar surface area (TPSA) is 18.5 Å². The van der Waals surface area contributed by atoms with E-state index in [-0.39, 0.29) is 6.29 Å². The third kappa shape index (κ3) is 4.73. The van der Waals surface area contributed by atoms with Crippen LogP contribution in [0.4, 0.5) is 0 Å². The second-order valence-corrected chi connectivity index (χ2v) is 3.15. The largest absolute Gasteiger partial charge is 0.469 e. The zero-order valence-electron chi connectivity index (χ0n) is 8.24. The molecular formula is C11H18O2. The fourth-order valence-electron chi connectivity index (χ4n) is 1.19. The third-order valence-electron chi connectivity index (χ3n) is 1.95. The van der Waals surface area contributed by atoms with Crippen LogP contribution in [0.5, 0.6) is 0 Å². The highest BCUT2D eigenvalue weighted by Gasteiger charge is 2.04. The van der Waals surface area contributed by atoms with Crippen LogP contribution in [0.15, 0.2) is 24.5 Å². The van der Waals surface area contributed by atoms with Crippen LogP contribution in [0.1, 0.15) is 32.6 Å². The minimum absolute atomic E-state index is 0.161. The third-order valence-corrected chi connectivity index (χ3v) is 1.95. The molecule has 0 spiro atoms. The van der Waals surface area contributed by atoms with Gasteiger partial charge in [-0.3, -0.25) is 0 Å². The molecule has 0 radical (unpaired) electrons. The molecule has 2 nitrogen and oxygen atoms in total. The predicted molar refractivity (Wildman–Crippen MR) is 53.2 cm³/mol. The molecule has 1 atom stereocenters. The quantitative estimate of drug-likeness (QED) is 0.588. The van der Waals surface area contributed by atoms with Gasteiger partial charge >= 0.3 is 0 Å². The van der Waals surface area contributed by atoms with Crippen molar-refractivity contribution in [2.75, 3.05) is 6.61 Å². The highest BCUT2D eigenvalue weighted by Crippen LogP contribution is 2.06. The van der Waals surface area contributed by atoms with Gasteiger partial charge in [0.1, 0.15) is 0 Å². The van der Waals surface area contributed by atoms with Gasteiger partial charge in [-0.05, 0) is 18.6 Å². The van der Waals surface area contributed by atoms with E-state index in [1.54, 1.807) is 6.26 Å². The smallest absolute Gasteiger partial charge is 0.219 e. The van der Waals surface area contributed by atoms with Crippen LogP contribution in [0.3, 0.4) is 0 Å². The van der Waals surface area contributed by atoms with E-state index >= 15 is 0 Å². The summed E-state index contributed by atoms with van der Waals surface area (Å²) in [6.45, 7) is 3.00. The molecule has 0 saturated carbocycles. The maximum atomic E-state index is 5.47. The van der Waals surface area contributed by atoms with Crippen molar-refractivity contribution in [3.05, 3.63) is 24.5 Å². The van der Waals surface area contributed by atoms with E-state index in [1.165, 1.54) is 19.3 Å². The molecule has 1 unspecified atom stereocenters. The molecule has 1 heterocycles. The van der Waals surface area contributed by atoms with Crippen molar-refractivity contribution in [1.29, 1.82) is 0 Å². The lowest BCUT2D eigenvalue weighted by Crippen LogP contribution is -2.13. The first-order valence-corrected chi connectivity index (χ1v) is 5.04. The lowest BCUT2D eigenvalue weighted by molar-refractivity contribution is -0.0750. The number of ether oxygens (including phenoxy) is 2. The summed E-state index contributed by atoms with van der Waals surface area (Å²) >= 11 is 0. The summed E-state index contributed by atoms with van der Waals surface area (Å²) in [4.78, 5) is 0. The van der Waals surface area contributed by atoms with E-state index in [4.69, 9.17) is 9.47 Å². The Labute approximate surface area is 80.2 Å². The number of unbranched alkanes of at least 4 members (excludes halogenated alkanes) is 3. The number of allylic oxidation sites excluding steroid dienone is 2. The molecule has 0 fully saturated rings. The van der Waals surface area contributed by atoms with Crippen LogP contribution in [-0.2, 0) is 9.47 Å². The van der Waals surface area contributed by atoms with Gasteiger partial charge in [-0.15, -0.1) is 0 Å². The minimum Gasteiger partial charge on any atom is -0.469 e. The minimum atomic E-state index is -0.161. The number of rotatable bonds is 6. The number of hydrogen-bond donors (Lipinski definition) is 0. The monoisotopic (exact) mass is 182 g/mol. The zero-order valence-corrected chi connectivity index (χ0v) is 8.24. The molecule has 1 aliphatic heterocycles. The molecular weight excluding hydrogens is 164 g/mol. The Morgan fingerprint density at radius 2 is 2.15 bits per heavy atom. The molecule has 0 N–H and O–H groups in total. The normalized spacial score (nSPS) is 20.2. The zero-order chi connectivity index (χ0) is 9.36. The van der Waals surface area contributed by atoms with Gasteiger partial charge in [0, 0.05) is 0 Å². The van der Waals surface area contributed by atoms with Crippen molar-refractivity contribution in [1.82, 2.24) is 0 Å². The van der Waals surface area contributed by atoms with Gasteiger partial charge in [-0.2, -0.15) is 0 Å². The van der Waals surface area contributed by atoms with Crippen LogP contribution in [-0.4, -0.2) is 12.9 Å². The van der Waals surface area contributed by atoms with E-state index in [0.29, 0.717) is 0 Å². The molecule has 13 heavy (non-hydrogen) atoms. The van der Waals surface area contributed by atoms with Crippen LogP contribution in [0.25, 0.3) is 0 Å². The van der Waals surface area contributed by atoms with Crippen molar-refractivity contribution in [3.63, 3.8) is 0 Å². The summed E-state index contributed by atoms with van der Waals surface area (Å²) in [6, 6.07) is 0. The molecule has 0 aromatic heterocycles. The molecule has 1 rings (SSSR count). The van der Waals surface area contributed by atoms with E-state index in [1.807, 2.05) is 18.2 Å². The standard InChI is InChI=1S/C11H18O2/c1-2-3-4-6-9-12-11-8-5-7-10-13-11/h5,7-8,10-11H,2-4,6,9H2,1H3. The number of hydrogen-bond acceptors (Lipinski definition) is 2. The van der Waals surface area contributed by atoms with Crippen LogP contribution in [0.2, 0.25) is 0 Å². The van der Waals surface area contributed by atoms with E-state index in [9.17, 15) is 0 Å². The average Bonchev–Trinajstić information content (AvgIpc) is 2.19. The van der Waals surface area contributed by atoms with Gasteiger partial charge in [-0.25, -0.2) is 0 Å². The van der Waals surface area contributed by atoms with E-state index in [0.717, 1.165) is 13.0 Å². The predicted octanol–water partition coefficient (Wildman–Crippen LogP) is 3.01. The fraction of sp³-hybridized carbons (Fsp3) is 0.636. The van der Waals surface area contributed by atoms with Crippen molar-refractivity contribution in [3.8, 4) is 0 Å². The Bertz CT molecular complexity index is 173. The second-order valence-electron chi connectivity index (χ2n) is 3.15. The highest BCUT2D eigenvalue weighted by molar-refractivity contribution is 5.05. The molecule has 0 bridgehead atoms. The fourth-order valence-corrected chi connectivity index (χ4v) is 1.19. The maximum Gasteiger partial charge on any atom is 0.219 e. The molecule has 0 aliphatic carbocycles. The van der Waals surface area contributed by atoms with Gasteiger partial charge in [0.25, 0.3) is 0 Å². The summed E-state index contributed by atoms with van der Waals surface area (Å²) in [5.74, 6) is 0. The molecule has 74 valence electrons. The first-order chi connectivity index (χ1) is 6.43. The van der Waals surface area contributed by atoms with Crippen LogP contribution in [0, 0.1) is 0 Å². The van der Waals surface area contributed by atoms with Crippen molar-refractivity contribution in [2.45, 2.75) is 38.9 Å². The first kappa shape index (κ1) is 10.3. The van der Waals surface area contributed by atoms with Gasteiger partial charge in [-0.1, -0.05) is 32.3 Å². The summed E-state index contributed by atoms with van der Waals surface area (Å²) in [5, 5.41) is 0. The summed E-state index contributed by atoms with van der Waals surface area (Å²) < 4.78 is 10.7. The van der Waals surface area contributed by atoms with Crippen LogP contribution >= 0.6 is 0 Å². The van der Waals surface area contributed by atoms with Crippen molar-refractivity contribution >= 4 is 0 Å². The van der Waals surface area contributed by atoms with Crippen molar-refractivity contribution in [2.24, 2.45) is 0 Å². The Hall–Kier alpha value is -0.760. The van der Waals surface area contributed by atoms with Gasteiger partial charge < -0.3 is 9.47 Å². The Morgan fingerprint density at radius 3 is 2.85 bits per heavy atom. The highest BCUT2D eigenvalue weighted by atomic mass is 16.7. The summed E-state index contributed by atoms with van der Waals surface area (Å²) in [7, 11) is 0. The SMILES string of the molecule is CCCCCCOC1C=CC=CO1. The van der Waals surface area contributed by atoms with Crippen LogP contribution < -0.4 is 0 Å². The lowest BCUT2D eigenvalue weighted by atomic mass is 10.2. The molecule has 0 saturated heterocycles. The Balaban J connectivity index is 1.93. The molecule has 0 aromatic rings.